The third-order valence-electron chi connectivity index (χ3n) is 3.11. The Kier molecular flexibility index (Phi) is 4.00. The van der Waals surface area contributed by atoms with Gasteiger partial charge in [-0.2, -0.15) is 4.31 Å². The van der Waals surface area contributed by atoms with E-state index < -0.39 is 15.6 Å². The number of morpholine rings is 1. The van der Waals surface area contributed by atoms with E-state index in [2.05, 4.69) is 10.3 Å². The Balaban J connectivity index is 2.21. The molecule has 7 heteroatoms. The van der Waals surface area contributed by atoms with Gasteiger partial charge in [0.15, 0.2) is 0 Å². The van der Waals surface area contributed by atoms with Crippen LogP contribution in [-0.2, 0) is 21.3 Å². The molecule has 0 amide bonds. The van der Waals surface area contributed by atoms with Crippen LogP contribution in [-0.4, -0.2) is 50.1 Å². The number of aromatic nitrogens is 1. The van der Waals surface area contributed by atoms with Gasteiger partial charge < -0.3 is 15.0 Å². The fraction of sp³-hybridized carbons (Fsp3) is 0.667. The molecule has 2 heterocycles. The number of sulfonamides is 1. The predicted octanol–water partition coefficient (Wildman–Crippen LogP) is 0.534. The molecular weight excluding hydrogens is 266 g/mol. The fourth-order valence-corrected chi connectivity index (χ4v) is 3.78. The molecule has 1 aromatic heterocycles. The van der Waals surface area contributed by atoms with Gasteiger partial charge in [-0.1, -0.05) is 0 Å². The maximum Gasteiger partial charge on any atom is 0.244 e. The van der Waals surface area contributed by atoms with Crippen molar-refractivity contribution in [3.63, 3.8) is 0 Å². The highest BCUT2D eigenvalue weighted by molar-refractivity contribution is 7.89. The first-order valence-electron chi connectivity index (χ1n) is 6.31. The monoisotopic (exact) mass is 287 g/mol. The lowest BCUT2D eigenvalue weighted by atomic mass is 10.1. The van der Waals surface area contributed by atoms with Crippen molar-refractivity contribution >= 4 is 10.0 Å². The second kappa shape index (κ2) is 5.24. The summed E-state index contributed by atoms with van der Waals surface area (Å²) in [6.07, 6.45) is 1.55. The van der Waals surface area contributed by atoms with E-state index in [1.807, 2.05) is 20.9 Å². The summed E-state index contributed by atoms with van der Waals surface area (Å²) < 4.78 is 32.1. The summed E-state index contributed by atoms with van der Waals surface area (Å²) in [7, 11) is -1.62. The molecule has 0 aromatic carbocycles. The Hall–Kier alpha value is -0.890. The van der Waals surface area contributed by atoms with E-state index in [0.717, 1.165) is 5.69 Å². The zero-order chi connectivity index (χ0) is 14.1. The molecule has 1 aliphatic heterocycles. The number of H-pyrrole nitrogens is 1. The van der Waals surface area contributed by atoms with E-state index in [4.69, 9.17) is 4.74 Å². The predicted molar refractivity (Wildman–Crippen MR) is 72.3 cm³/mol. The first kappa shape index (κ1) is 14.5. The Labute approximate surface area is 114 Å². The molecule has 0 aliphatic carbocycles. The minimum Gasteiger partial charge on any atom is -0.373 e. The Morgan fingerprint density at radius 3 is 2.89 bits per heavy atom. The number of hydrogen-bond acceptors (Lipinski definition) is 4. The molecule has 0 atom stereocenters. The van der Waals surface area contributed by atoms with Gasteiger partial charge in [0.25, 0.3) is 0 Å². The summed E-state index contributed by atoms with van der Waals surface area (Å²) in [4.78, 5) is 3.29. The SMILES string of the molecule is CNCc1cc(S(=O)(=O)N2CCOC(C)(C)C2)c[nH]1. The van der Waals surface area contributed by atoms with Crippen LogP contribution in [0, 0.1) is 0 Å². The van der Waals surface area contributed by atoms with Crippen LogP contribution in [0.3, 0.4) is 0 Å². The van der Waals surface area contributed by atoms with Crippen molar-refractivity contribution < 1.29 is 13.2 Å². The topological polar surface area (TPSA) is 74.4 Å². The Morgan fingerprint density at radius 1 is 1.53 bits per heavy atom. The molecule has 19 heavy (non-hydrogen) atoms. The van der Waals surface area contributed by atoms with E-state index in [-0.39, 0.29) is 0 Å². The van der Waals surface area contributed by atoms with Crippen LogP contribution >= 0.6 is 0 Å². The number of nitrogens with zero attached hydrogens (tertiary/aromatic N) is 1. The van der Waals surface area contributed by atoms with Gasteiger partial charge in [0.2, 0.25) is 10.0 Å². The Bertz CT molecular complexity index is 536. The van der Waals surface area contributed by atoms with Crippen LogP contribution in [0.4, 0.5) is 0 Å². The van der Waals surface area contributed by atoms with E-state index in [1.165, 1.54) is 4.31 Å². The van der Waals surface area contributed by atoms with Gasteiger partial charge in [0, 0.05) is 31.5 Å². The number of nitrogens with one attached hydrogen (secondary N) is 2. The smallest absolute Gasteiger partial charge is 0.244 e. The third-order valence-corrected chi connectivity index (χ3v) is 4.93. The molecule has 0 unspecified atom stereocenters. The van der Waals surface area contributed by atoms with Crippen LogP contribution in [0.2, 0.25) is 0 Å². The van der Waals surface area contributed by atoms with Crippen molar-refractivity contribution in [3.05, 3.63) is 18.0 Å². The molecule has 1 aromatic rings. The highest BCUT2D eigenvalue weighted by Gasteiger charge is 2.35. The third kappa shape index (κ3) is 3.17. The van der Waals surface area contributed by atoms with Crippen LogP contribution in [0.25, 0.3) is 0 Å². The molecule has 6 nitrogen and oxygen atoms in total. The number of ether oxygens (including phenoxy) is 1. The van der Waals surface area contributed by atoms with E-state index in [9.17, 15) is 8.42 Å². The van der Waals surface area contributed by atoms with Gasteiger partial charge in [0.1, 0.15) is 0 Å². The summed E-state index contributed by atoms with van der Waals surface area (Å²) >= 11 is 0. The molecule has 0 radical (unpaired) electrons. The van der Waals surface area contributed by atoms with Crippen molar-refractivity contribution in [2.45, 2.75) is 30.9 Å². The lowest BCUT2D eigenvalue weighted by molar-refractivity contribution is -0.0640. The molecular formula is C12H21N3O3S. The molecule has 1 aliphatic rings. The summed E-state index contributed by atoms with van der Waals surface area (Å²) in [6, 6.07) is 1.67. The number of rotatable bonds is 4. The molecule has 2 rings (SSSR count). The van der Waals surface area contributed by atoms with Gasteiger partial charge in [-0.15, -0.1) is 0 Å². The maximum absolute atomic E-state index is 12.5. The van der Waals surface area contributed by atoms with E-state index >= 15 is 0 Å². The first-order chi connectivity index (χ1) is 8.85. The number of aromatic amines is 1. The molecule has 2 N–H and O–H groups in total. The normalized spacial score (nSPS) is 20.6. The maximum atomic E-state index is 12.5. The van der Waals surface area contributed by atoms with E-state index in [1.54, 1.807) is 12.3 Å². The highest BCUT2D eigenvalue weighted by atomic mass is 32.2. The lowest BCUT2D eigenvalue weighted by Gasteiger charge is -2.37. The largest absolute Gasteiger partial charge is 0.373 e. The second-order valence-electron chi connectivity index (χ2n) is 5.34. The van der Waals surface area contributed by atoms with Crippen molar-refractivity contribution in [3.8, 4) is 0 Å². The standard InChI is InChI=1S/C12H21N3O3S/c1-12(2)9-15(4-5-18-12)19(16,17)11-6-10(7-13-3)14-8-11/h6,8,13-14H,4-5,7,9H2,1-3H3. The average molecular weight is 287 g/mol. The molecule has 1 saturated heterocycles. The van der Waals surface area contributed by atoms with Gasteiger partial charge in [-0.3, -0.25) is 0 Å². The van der Waals surface area contributed by atoms with Gasteiger partial charge in [-0.05, 0) is 27.0 Å². The van der Waals surface area contributed by atoms with Crippen molar-refractivity contribution in [2.75, 3.05) is 26.7 Å². The van der Waals surface area contributed by atoms with E-state index in [0.29, 0.717) is 31.1 Å². The summed E-state index contributed by atoms with van der Waals surface area (Å²) in [6.45, 7) is 5.63. The fourth-order valence-electron chi connectivity index (χ4n) is 2.19. The minimum atomic E-state index is -3.44. The van der Waals surface area contributed by atoms with Crippen LogP contribution in [0.15, 0.2) is 17.2 Å². The first-order valence-corrected chi connectivity index (χ1v) is 7.75. The van der Waals surface area contributed by atoms with Crippen LogP contribution in [0.1, 0.15) is 19.5 Å². The summed E-state index contributed by atoms with van der Waals surface area (Å²) in [5.41, 5.74) is 0.420. The van der Waals surface area contributed by atoms with Gasteiger partial charge in [-0.25, -0.2) is 8.42 Å². The van der Waals surface area contributed by atoms with Crippen LogP contribution in [0.5, 0.6) is 0 Å². The van der Waals surface area contributed by atoms with Gasteiger partial charge >= 0.3 is 0 Å². The zero-order valence-electron chi connectivity index (χ0n) is 11.6. The number of hydrogen-bond donors (Lipinski definition) is 2. The summed E-state index contributed by atoms with van der Waals surface area (Å²) in [5, 5.41) is 2.98. The minimum absolute atomic E-state index is 0.315. The average Bonchev–Trinajstić information content (AvgIpc) is 2.77. The molecule has 1 fully saturated rings. The second-order valence-corrected chi connectivity index (χ2v) is 7.28. The Morgan fingerprint density at radius 2 is 2.26 bits per heavy atom. The molecule has 0 saturated carbocycles. The highest BCUT2D eigenvalue weighted by Crippen LogP contribution is 2.23. The molecule has 0 spiro atoms. The van der Waals surface area contributed by atoms with Crippen molar-refractivity contribution in [1.82, 2.24) is 14.6 Å². The lowest BCUT2D eigenvalue weighted by Crippen LogP contribution is -2.50. The molecule has 108 valence electrons. The summed E-state index contributed by atoms with van der Waals surface area (Å²) in [5.74, 6) is 0. The quantitative estimate of drug-likeness (QED) is 0.847. The van der Waals surface area contributed by atoms with Crippen molar-refractivity contribution in [2.24, 2.45) is 0 Å². The molecule has 0 bridgehead atoms. The van der Waals surface area contributed by atoms with Crippen LogP contribution < -0.4 is 5.32 Å². The zero-order valence-corrected chi connectivity index (χ0v) is 12.4. The van der Waals surface area contributed by atoms with Gasteiger partial charge in [0.05, 0.1) is 17.1 Å². The van der Waals surface area contributed by atoms with Crippen molar-refractivity contribution in [1.29, 1.82) is 0 Å².